The fraction of sp³-hybridized carbons (Fsp3) is 0.571. The van der Waals surface area contributed by atoms with E-state index < -0.39 is 0 Å². The molecule has 1 heteroatoms. The molecule has 0 N–H and O–H groups in total. The fourth-order valence-electron chi connectivity index (χ4n) is 2.24. The van der Waals surface area contributed by atoms with Crippen molar-refractivity contribution in [1.29, 1.82) is 0 Å². The second-order valence-corrected chi connectivity index (χ2v) is 4.60. The number of rotatable bonds is 3. The van der Waals surface area contributed by atoms with Crippen LogP contribution in [0.5, 0.6) is 0 Å². The van der Waals surface area contributed by atoms with Crippen molar-refractivity contribution in [3.05, 3.63) is 29.8 Å². The zero-order chi connectivity index (χ0) is 10.7. The predicted octanol–water partition coefficient (Wildman–Crippen LogP) is 3.80. The summed E-state index contributed by atoms with van der Waals surface area (Å²) < 4.78 is 0. The van der Waals surface area contributed by atoms with Crippen molar-refractivity contribution in [2.24, 2.45) is 0 Å². The SMILES string of the molecule is CCC(C)c1cccc(N2CCCC2)c1. The summed E-state index contributed by atoms with van der Waals surface area (Å²) in [6.45, 7) is 7.05. The van der Waals surface area contributed by atoms with Crippen LogP contribution in [0.15, 0.2) is 24.3 Å². The van der Waals surface area contributed by atoms with Crippen LogP contribution in [0.25, 0.3) is 0 Å². The van der Waals surface area contributed by atoms with E-state index in [1.165, 1.54) is 43.6 Å². The molecule has 15 heavy (non-hydrogen) atoms. The smallest absolute Gasteiger partial charge is 0.0369 e. The number of nitrogens with zero attached hydrogens (tertiary/aromatic N) is 1. The number of hydrogen-bond donors (Lipinski definition) is 0. The Morgan fingerprint density at radius 1 is 1.27 bits per heavy atom. The number of anilines is 1. The van der Waals surface area contributed by atoms with E-state index in [-0.39, 0.29) is 0 Å². The predicted molar refractivity (Wildman–Crippen MR) is 66.6 cm³/mol. The first-order valence-corrected chi connectivity index (χ1v) is 6.16. The molecule has 1 aromatic rings. The van der Waals surface area contributed by atoms with Crippen LogP contribution in [0.4, 0.5) is 5.69 Å². The van der Waals surface area contributed by atoms with E-state index in [1.807, 2.05) is 0 Å². The van der Waals surface area contributed by atoms with Gasteiger partial charge in [0.25, 0.3) is 0 Å². The van der Waals surface area contributed by atoms with Crippen molar-refractivity contribution in [3.8, 4) is 0 Å². The summed E-state index contributed by atoms with van der Waals surface area (Å²) in [5.74, 6) is 0.688. The third-order valence-corrected chi connectivity index (χ3v) is 3.52. The Morgan fingerprint density at radius 3 is 2.67 bits per heavy atom. The average Bonchev–Trinajstić information content (AvgIpc) is 2.82. The van der Waals surface area contributed by atoms with Crippen LogP contribution in [0.2, 0.25) is 0 Å². The van der Waals surface area contributed by atoms with Crippen molar-refractivity contribution in [3.63, 3.8) is 0 Å². The molecular formula is C14H21N. The van der Waals surface area contributed by atoms with E-state index >= 15 is 0 Å². The average molecular weight is 203 g/mol. The Bertz CT molecular complexity index is 313. The van der Waals surface area contributed by atoms with Crippen LogP contribution in [-0.2, 0) is 0 Å². The molecule has 0 aliphatic carbocycles. The van der Waals surface area contributed by atoms with E-state index in [4.69, 9.17) is 0 Å². The molecule has 1 aliphatic heterocycles. The summed E-state index contributed by atoms with van der Waals surface area (Å²) in [6, 6.07) is 9.08. The molecule has 1 aliphatic rings. The van der Waals surface area contributed by atoms with Crippen LogP contribution in [0.3, 0.4) is 0 Å². The van der Waals surface area contributed by atoms with Crippen molar-refractivity contribution >= 4 is 5.69 Å². The van der Waals surface area contributed by atoms with Crippen LogP contribution >= 0.6 is 0 Å². The van der Waals surface area contributed by atoms with E-state index in [9.17, 15) is 0 Å². The second kappa shape index (κ2) is 4.69. The highest BCUT2D eigenvalue weighted by atomic mass is 15.1. The highest BCUT2D eigenvalue weighted by Gasteiger charge is 2.13. The topological polar surface area (TPSA) is 3.24 Å². The van der Waals surface area contributed by atoms with Crippen LogP contribution < -0.4 is 4.90 Å². The number of hydrogen-bond acceptors (Lipinski definition) is 1. The maximum Gasteiger partial charge on any atom is 0.0369 e. The second-order valence-electron chi connectivity index (χ2n) is 4.60. The van der Waals surface area contributed by atoms with E-state index in [0.29, 0.717) is 5.92 Å². The summed E-state index contributed by atoms with van der Waals surface area (Å²) in [4.78, 5) is 2.51. The van der Waals surface area contributed by atoms with Gasteiger partial charge in [-0.2, -0.15) is 0 Å². The molecule has 0 bridgehead atoms. The van der Waals surface area contributed by atoms with Crippen LogP contribution in [0.1, 0.15) is 44.6 Å². The minimum atomic E-state index is 0.688. The highest BCUT2D eigenvalue weighted by Crippen LogP contribution is 2.25. The Kier molecular flexibility index (Phi) is 3.30. The molecule has 1 saturated heterocycles. The fourth-order valence-corrected chi connectivity index (χ4v) is 2.24. The standard InChI is InChI=1S/C14H21N/c1-3-12(2)13-7-6-8-14(11-13)15-9-4-5-10-15/h6-8,11-12H,3-5,9-10H2,1-2H3. The third-order valence-electron chi connectivity index (χ3n) is 3.52. The third kappa shape index (κ3) is 2.34. The van der Waals surface area contributed by atoms with E-state index in [2.05, 4.69) is 43.0 Å². The maximum atomic E-state index is 2.51. The molecule has 0 saturated carbocycles. The van der Waals surface area contributed by atoms with Gasteiger partial charge in [0.2, 0.25) is 0 Å². The molecule has 1 heterocycles. The molecule has 0 spiro atoms. The van der Waals surface area contributed by atoms with Crippen LogP contribution in [-0.4, -0.2) is 13.1 Å². The first kappa shape index (κ1) is 10.5. The quantitative estimate of drug-likeness (QED) is 0.722. The van der Waals surface area contributed by atoms with Gasteiger partial charge >= 0.3 is 0 Å². The van der Waals surface area contributed by atoms with Gasteiger partial charge in [0, 0.05) is 18.8 Å². The zero-order valence-corrected chi connectivity index (χ0v) is 9.87. The molecule has 1 aromatic carbocycles. The summed E-state index contributed by atoms with van der Waals surface area (Å²) >= 11 is 0. The summed E-state index contributed by atoms with van der Waals surface area (Å²) in [5, 5.41) is 0. The van der Waals surface area contributed by atoms with Crippen molar-refractivity contribution < 1.29 is 0 Å². The summed E-state index contributed by atoms with van der Waals surface area (Å²) in [6.07, 6.45) is 3.94. The summed E-state index contributed by atoms with van der Waals surface area (Å²) in [7, 11) is 0. The lowest BCUT2D eigenvalue weighted by Gasteiger charge is -2.19. The van der Waals surface area contributed by atoms with Gasteiger partial charge in [-0.3, -0.25) is 0 Å². The van der Waals surface area contributed by atoms with Crippen molar-refractivity contribution in [1.82, 2.24) is 0 Å². The molecule has 1 fully saturated rings. The van der Waals surface area contributed by atoms with Crippen molar-refractivity contribution in [2.45, 2.75) is 39.0 Å². The molecule has 1 atom stereocenters. The molecule has 82 valence electrons. The maximum absolute atomic E-state index is 2.51. The molecular weight excluding hydrogens is 182 g/mol. The van der Waals surface area contributed by atoms with Gasteiger partial charge in [0.15, 0.2) is 0 Å². The highest BCUT2D eigenvalue weighted by molar-refractivity contribution is 5.49. The van der Waals surface area contributed by atoms with E-state index in [1.54, 1.807) is 0 Å². The Labute approximate surface area is 93.1 Å². The normalized spacial score (nSPS) is 18.1. The Balaban J connectivity index is 2.18. The minimum absolute atomic E-state index is 0.688. The van der Waals surface area contributed by atoms with Gasteiger partial charge in [-0.25, -0.2) is 0 Å². The molecule has 0 amide bonds. The molecule has 2 rings (SSSR count). The van der Waals surface area contributed by atoms with Gasteiger partial charge in [-0.1, -0.05) is 26.0 Å². The van der Waals surface area contributed by atoms with Gasteiger partial charge < -0.3 is 4.90 Å². The van der Waals surface area contributed by atoms with E-state index in [0.717, 1.165) is 0 Å². The molecule has 0 radical (unpaired) electrons. The first-order valence-electron chi connectivity index (χ1n) is 6.16. The van der Waals surface area contributed by atoms with Crippen molar-refractivity contribution in [2.75, 3.05) is 18.0 Å². The lowest BCUT2D eigenvalue weighted by atomic mass is 9.98. The lowest BCUT2D eigenvalue weighted by molar-refractivity contribution is 0.733. The Hall–Kier alpha value is -0.980. The largest absolute Gasteiger partial charge is 0.372 e. The summed E-state index contributed by atoms with van der Waals surface area (Å²) in [5.41, 5.74) is 2.91. The zero-order valence-electron chi connectivity index (χ0n) is 9.87. The van der Waals surface area contributed by atoms with Gasteiger partial charge in [0.1, 0.15) is 0 Å². The van der Waals surface area contributed by atoms with Gasteiger partial charge in [0.05, 0.1) is 0 Å². The molecule has 1 unspecified atom stereocenters. The molecule has 1 nitrogen and oxygen atoms in total. The monoisotopic (exact) mass is 203 g/mol. The number of benzene rings is 1. The van der Waals surface area contributed by atoms with Crippen LogP contribution in [0, 0.1) is 0 Å². The van der Waals surface area contributed by atoms with Gasteiger partial charge in [-0.15, -0.1) is 0 Å². The molecule has 0 aromatic heterocycles. The minimum Gasteiger partial charge on any atom is -0.372 e. The lowest BCUT2D eigenvalue weighted by Crippen LogP contribution is -2.17. The first-order chi connectivity index (χ1) is 7.31. The Morgan fingerprint density at radius 2 is 2.00 bits per heavy atom. The van der Waals surface area contributed by atoms with Gasteiger partial charge in [-0.05, 0) is 42.9 Å².